The summed E-state index contributed by atoms with van der Waals surface area (Å²) in [6.45, 7) is 6.10. The van der Waals surface area contributed by atoms with Crippen LogP contribution in [0.3, 0.4) is 0 Å². The molecular formula is C23H33N5OS. The molecule has 1 aliphatic rings. The van der Waals surface area contributed by atoms with E-state index in [9.17, 15) is 4.79 Å². The van der Waals surface area contributed by atoms with Gasteiger partial charge in [-0.2, -0.15) is 0 Å². The molecule has 0 spiro atoms. The third-order valence-corrected chi connectivity index (χ3v) is 6.21. The van der Waals surface area contributed by atoms with Crippen molar-refractivity contribution in [2.75, 3.05) is 38.1 Å². The predicted octanol–water partition coefficient (Wildman–Crippen LogP) is 3.32. The van der Waals surface area contributed by atoms with Crippen molar-refractivity contribution < 1.29 is 4.79 Å². The topological polar surface area (TPSA) is 60.0 Å². The van der Waals surface area contributed by atoms with Crippen molar-refractivity contribution in [2.45, 2.75) is 38.8 Å². The Labute approximate surface area is 184 Å². The molecule has 3 rings (SSSR count). The van der Waals surface area contributed by atoms with Crippen LogP contribution in [0.15, 0.2) is 52.8 Å². The highest BCUT2D eigenvalue weighted by Crippen LogP contribution is 2.24. The van der Waals surface area contributed by atoms with E-state index in [-0.39, 0.29) is 5.91 Å². The lowest BCUT2D eigenvalue weighted by molar-refractivity contribution is -0.130. The summed E-state index contributed by atoms with van der Waals surface area (Å²) in [5.41, 5.74) is 1.14. The van der Waals surface area contributed by atoms with Gasteiger partial charge in [0.25, 0.3) is 0 Å². The molecule has 2 N–H and O–H groups in total. The van der Waals surface area contributed by atoms with E-state index in [4.69, 9.17) is 0 Å². The number of aliphatic imine (C=N–C) groups is 1. The van der Waals surface area contributed by atoms with Crippen molar-refractivity contribution in [2.24, 2.45) is 4.99 Å². The number of guanidine groups is 1. The number of nitrogens with one attached hydrogen (secondary N) is 2. The number of piperidine rings is 1. The molecule has 2 aromatic rings. The standard InChI is InChI=1S/C23H33N5OS/c1-3-24-23(26-20-12-15-28(16-13-20)22-10-7-17-30-22)25-14-11-21(29)27(2)18-19-8-5-4-6-9-19/h4-10,17,20H,3,11-16,18H2,1-2H3,(H2,24,25,26). The molecule has 7 heteroatoms. The quantitative estimate of drug-likeness (QED) is 0.501. The van der Waals surface area contributed by atoms with Gasteiger partial charge in [-0.3, -0.25) is 9.79 Å². The fraction of sp³-hybridized carbons (Fsp3) is 0.478. The largest absolute Gasteiger partial charge is 0.363 e. The Morgan fingerprint density at radius 1 is 1.20 bits per heavy atom. The Balaban J connectivity index is 1.43. The number of carbonyl (C=O) groups excluding carboxylic acids is 1. The van der Waals surface area contributed by atoms with Crippen molar-refractivity contribution in [1.82, 2.24) is 15.5 Å². The number of hydrogen-bond acceptors (Lipinski definition) is 4. The molecule has 30 heavy (non-hydrogen) atoms. The lowest BCUT2D eigenvalue weighted by Crippen LogP contribution is -2.48. The van der Waals surface area contributed by atoms with E-state index in [1.54, 1.807) is 16.2 Å². The van der Waals surface area contributed by atoms with E-state index in [1.807, 2.05) is 37.4 Å². The molecule has 1 saturated heterocycles. The van der Waals surface area contributed by atoms with Gasteiger partial charge in [0, 0.05) is 45.7 Å². The minimum atomic E-state index is 0.114. The van der Waals surface area contributed by atoms with Gasteiger partial charge in [0.2, 0.25) is 5.91 Å². The minimum Gasteiger partial charge on any atom is -0.363 e. The fourth-order valence-corrected chi connectivity index (χ4v) is 4.39. The number of amides is 1. The maximum atomic E-state index is 12.4. The van der Waals surface area contributed by atoms with Crippen LogP contribution < -0.4 is 15.5 Å². The van der Waals surface area contributed by atoms with Crippen LogP contribution in [0.4, 0.5) is 5.00 Å². The second kappa shape index (κ2) is 11.6. The molecule has 0 unspecified atom stereocenters. The lowest BCUT2D eigenvalue weighted by atomic mass is 10.1. The van der Waals surface area contributed by atoms with Gasteiger partial charge in [-0.15, -0.1) is 11.3 Å². The molecule has 1 aromatic heterocycles. The van der Waals surface area contributed by atoms with Crippen LogP contribution in [0.1, 0.15) is 31.7 Å². The molecule has 1 aliphatic heterocycles. The van der Waals surface area contributed by atoms with Crippen LogP contribution in [0, 0.1) is 0 Å². The number of carbonyl (C=O) groups is 1. The number of hydrogen-bond donors (Lipinski definition) is 2. The number of thiophene rings is 1. The summed E-state index contributed by atoms with van der Waals surface area (Å²) in [5, 5.41) is 10.4. The minimum absolute atomic E-state index is 0.114. The molecule has 0 radical (unpaired) electrons. The zero-order valence-electron chi connectivity index (χ0n) is 18.0. The summed E-state index contributed by atoms with van der Waals surface area (Å²) in [6, 6.07) is 14.8. The van der Waals surface area contributed by atoms with E-state index in [2.05, 4.69) is 45.0 Å². The Hall–Kier alpha value is -2.54. The van der Waals surface area contributed by atoms with Crippen molar-refractivity contribution >= 4 is 28.2 Å². The smallest absolute Gasteiger partial charge is 0.224 e. The third kappa shape index (κ3) is 6.76. The molecule has 0 bridgehead atoms. The number of nitrogens with zero attached hydrogens (tertiary/aromatic N) is 3. The lowest BCUT2D eigenvalue weighted by Gasteiger charge is -2.33. The molecule has 1 amide bonds. The molecule has 1 fully saturated rings. The van der Waals surface area contributed by atoms with Gasteiger partial charge in [-0.1, -0.05) is 30.3 Å². The molecule has 0 atom stereocenters. The summed E-state index contributed by atoms with van der Waals surface area (Å²) in [6.07, 6.45) is 2.58. The Bertz CT molecular complexity index is 785. The SMILES string of the molecule is CCNC(=NCCC(=O)N(C)Cc1ccccc1)NC1CCN(c2cccs2)CC1. The number of benzene rings is 1. The number of rotatable bonds is 8. The zero-order chi connectivity index (χ0) is 21.2. The van der Waals surface area contributed by atoms with Gasteiger partial charge in [0.1, 0.15) is 0 Å². The molecule has 1 aromatic carbocycles. The van der Waals surface area contributed by atoms with Crippen LogP contribution >= 0.6 is 11.3 Å². The van der Waals surface area contributed by atoms with Crippen molar-refractivity contribution in [3.8, 4) is 0 Å². The molecule has 2 heterocycles. The predicted molar refractivity (Wildman–Crippen MR) is 126 cm³/mol. The first-order chi connectivity index (χ1) is 14.7. The van der Waals surface area contributed by atoms with E-state index >= 15 is 0 Å². The second-order valence-electron chi connectivity index (χ2n) is 7.60. The Kier molecular flexibility index (Phi) is 8.56. The first-order valence-corrected chi connectivity index (χ1v) is 11.6. The molecule has 162 valence electrons. The average molecular weight is 428 g/mol. The average Bonchev–Trinajstić information content (AvgIpc) is 3.30. The molecule has 6 nitrogen and oxygen atoms in total. The van der Waals surface area contributed by atoms with Crippen molar-refractivity contribution in [1.29, 1.82) is 0 Å². The highest BCUT2D eigenvalue weighted by atomic mass is 32.1. The van der Waals surface area contributed by atoms with Crippen molar-refractivity contribution in [3.05, 3.63) is 53.4 Å². The monoisotopic (exact) mass is 427 g/mol. The highest BCUT2D eigenvalue weighted by molar-refractivity contribution is 7.14. The van der Waals surface area contributed by atoms with Crippen LogP contribution in [-0.2, 0) is 11.3 Å². The summed E-state index contributed by atoms with van der Waals surface area (Å²) >= 11 is 1.80. The van der Waals surface area contributed by atoms with E-state index in [1.165, 1.54) is 5.00 Å². The maximum Gasteiger partial charge on any atom is 0.224 e. The second-order valence-corrected chi connectivity index (χ2v) is 8.53. The van der Waals surface area contributed by atoms with E-state index in [0.717, 1.165) is 44.0 Å². The normalized spacial score (nSPS) is 15.1. The van der Waals surface area contributed by atoms with Crippen LogP contribution in [0.25, 0.3) is 0 Å². The third-order valence-electron chi connectivity index (χ3n) is 5.28. The zero-order valence-corrected chi connectivity index (χ0v) is 18.8. The summed E-state index contributed by atoms with van der Waals surface area (Å²) in [7, 11) is 1.85. The van der Waals surface area contributed by atoms with Gasteiger partial charge < -0.3 is 20.4 Å². The number of anilines is 1. The summed E-state index contributed by atoms with van der Waals surface area (Å²) in [4.78, 5) is 21.3. The summed E-state index contributed by atoms with van der Waals surface area (Å²) < 4.78 is 0. The Morgan fingerprint density at radius 2 is 1.97 bits per heavy atom. The van der Waals surface area contributed by atoms with Gasteiger partial charge in [-0.05, 0) is 42.8 Å². The highest BCUT2D eigenvalue weighted by Gasteiger charge is 2.20. The van der Waals surface area contributed by atoms with E-state index < -0.39 is 0 Å². The maximum absolute atomic E-state index is 12.4. The van der Waals surface area contributed by atoms with Gasteiger partial charge in [0.05, 0.1) is 11.5 Å². The van der Waals surface area contributed by atoms with Crippen LogP contribution in [0.2, 0.25) is 0 Å². The molecule has 0 aliphatic carbocycles. The fourth-order valence-electron chi connectivity index (χ4n) is 3.61. The first kappa shape index (κ1) is 22.2. The van der Waals surface area contributed by atoms with E-state index in [0.29, 0.717) is 25.6 Å². The van der Waals surface area contributed by atoms with Gasteiger partial charge in [-0.25, -0.2) is 0 Å². The Morgan fingerprint density at radius 3 is 2.63 bits per heavy atom. The molecule has 0 saturated carbocycles. The molecular weight excluding hydrogens is 394 g/mol. The summed E-state index contributed by atoms with van der Waals surface area (Å²) in [5.74, 6) is 0.924. The van der Waals surface area contributed by atoms with Crippen LogP contribution in [0.5, 0.6) is 0 Å². The van der Waals surface area contributed by atoms with Crippen LogP contribution in [-0.4, -0.2) is 56.0 Å². The first-order valence-electron chi connectivity index (χ1n) is 10.8. The van der Waals surface area contributed by atoms with Gasteiger partial charge >= 0.3 is 0 Å². The van der Waals surface area contributed by atoms with Gasteiger partial charge in [0.15, 0.2) is 5.96 Å². The van der Waals surface area contributed by atoms with Crippen molar-refractivity contribution in [3.63, 3.8) is 0 Å².